The molecule has 0 bridgehead atoms. The number of hydrogen-bond donors (Lipinski definition) is 0. The molecule has 4 aromatic rings. The Hall–Kier alpha value is -3.35. The van der Waals surface area contributed by atoms with Gasteiger partial charge in [0.15, 0.2) is 23.0 Å². The van der Waals surface area contributed by atoms with Gasteiger partial charge in [-0.1, -0.05) is 13.8 Å². The molecule has 0 amide bonds. The Morgan fingerprint density at radius 1 is 0.867 bits per heavy atom. The predicted molar refractivity (Wildman–Crippen MR) is 182 cm³/mol. The molecule has 234 valence electrons. The zero-order valence-electron chi connectivity index (χ0n) is 26.1. The Kier molecular flexibility index (Phi) is 7.94. The van der Waals surface area contributed by atoms with Crippen LogP contribution in [0.15, 0.2) is 38.7 Å². The highest BCUT2D eigenvalue weighted by atomic mass is 32.1. The number of aromatic nitrogens is 1. The fraction of sp³-hybridized carbons (Fsp3) is 0.364. The molecule has 7 heterocycles. The molecule has 3 aliphatic heterocycles. The first kappa shape index (κ1) is 30.3. The molecule has 0 spiro atoms. The second kappa shape index (κ2) is 11.8. The smallest absolute Gasteiger partial charge is 0.485 e. The van der Waals surface area contributed by atoms with E-state index in [1.165, 1.54) is 4.48 Å². The third-order valence-corrected chi connectivity index (χ3v) is 12.1. The van der Waals surface area contributed by atoms with Gasteiger partial charge in [0.25, 0.3) is 0 Å². The third kappa shape index (κ3) is 4.79. The van der Waals surface area contributed by atoms with Crippen LogP contribution < -0.4 is 18.9 Å². The van der Waals surface area contributed by atoms with Gasteiger partial charge in [-0.05, 0) is 68.9 Å². The largest absolute Gasteiger partial charge is 0.677 e. The van der Waals surface area contributed by atoms with Crippen LogP contribution >= 0.6 is 34.0 Å². The molecule has 3 aliphatic rings. The minimum atomic E-state index is -2.72. The first-order valence-electron chi connectivity index (χ1n) is 15.1. The van der Waals surface area contributed by atoms with E-state index in [0.29, 0.717) is 61.3 Å². The number of thiophene rings is 3. The molecular weight excluding hydrogens is 633 g/mol. The Morgan fingerprint density at radius 3 is 2.09 bits per heavy atom. The molecule has 0 aromatic carbocycles. The van der Waals surface area contributed by atoms with Crippen molar-refractivity contribution < 1.29 is 27.6 Å². The maximum Gasteiger partial charge on any atom is 0.677 e. The maximum absolute atomic E-state index is 15.1. The lowest BCUT2D eigenvalue weighted by Gasteiger charge is -2.18. The van der Waals surface area contributed by atoms with Crippen LogP contribution in [-0.4, -0.2) is 44.0 Å². The molecule has 6 nitrogen and oxygen atoms in total. The molecule has 45 heavy (non-hydrogen) atoms. The van der Waals surface area contributed by atoms with E-state index in [1.54, 1.807) is 40.9 Å². The number of ether oxygens (including phenoxy) is 4. The van der Waals surface area contributed by atoms with Crippen LogP contribution in [0.1, 0.15) is 62.2 Å². The molecule has 0 aliphatic carbocycles. The van der Waals surface area contributed by atoms with Gasteiger partial charge in [0.2, 0.25) is 0 Å². The number of aliphatic imine (C=N–C) groups is 1. The number of nitrogens with zero attached hydrogens (tertiary/aromatic N) is 2. The van der Waals surface area contributed by atoms with E-state index in [9.17, 15) is 0 Å². The summed E-state index contributed by atoms with van der Waals surface area (Å²) < 4.78 is 55.6. The number of fused-ring (bicyclic) bond motifs is 2. The summed E-state index contributed by atoms with van der Waals surface area (Å²) in [7, 11) is -2.72. The Balaban J connectivity index is 1.59. The lowest BCUT2D eigenvalue weighted by Crippen LogP contribution is -2.18. The van der Waals surface area contributed by atoms with Crippen LogP contribution in [-0.2, 0) is 6.42 Å². The molecule has 0 N–H and O–H groups in total. The van der Waals surface area contributed by atoms with E-state index in [0.717, 1.165) is 76.7 Å². The van der Waals surface area contributed by atoms with Gasteiger partial charge in [-0.3, -0.25) is 13.6 Å². The summed E-state index contributed by atoms with van der Waals surface area (Å²) in [4.78, 5) is 8.85. The highest BCUT2D eigenvalue weighted by Crippen LogP contribution is 2.56. The van der Waals surface area contributed by atoms with E-state index < -0.39 is 7.40 Å². The maximum atomic E-state index is 15.1. The summed E-state index contributed by atoms with van der Waals surface area (Å²) in [5.41, 5.74) is 8.20. The SMILES string of the molecule is CCC1=C(C)/C(=C(\c2cc(-c3scc4c3OCCO4)sc2-c2scc3c2OCCO3)c2c(C)c(CC)c(C)n2B(F)F)N=C1C. The van der Waals surface area contributed by atoms with Gasteiger partial charge >= 0.3 is 7.40 Å². The van der Waals surface area contributed by atoms with Crippen molar-refractivity contribution in [2.45, 2.75) is 54.4 Å². The molecular formula is C33H33BF2N2O4S3. The van der Waals surface area contributed by atoms with Gasteiger partial charge in [-0.15, -0.1) is 34.0 Å². The standard InChI is InChI=1S/C33H33BF2N2O4S3/c1-7-20-16(3)27(37-18(20)5)26(28-17(4)21(8-2)19(6)38(28)34(35)36)22-13-25(32-29-23(14-43-32)39-9-11-41-29)45-31(22)33-30-24(15-44-33)40-10-12-42-30/h13-15H,7-12H2,1-6H3/b27-26-. The van der Waals surface area contributed by atoms with Crippen LogP contribution in [0.3, 0.4) is 0 Å². The zero-order valence-corrected chi connectivity index (χ0v) is 28.5. The van der Waals surface area contributed by atoms with Crippen molar-refractivity contribution in [3.63, 3.8) is 0 Å². The quantitative estimate of drug-likeness (QED) is 0.185. The van der Waals surface area contributed by atoms with Crippen LogP contribution in [0.5, 0.6) is 23.0 Å². The molecule has 0 radical (unpaired) electrons. The summed E-state index contributed by atoms with van der Waals surface area (Å²) in [6.07, 6.45) is 1.45. The molecule has 7 rings (SSSR count). The van der Waals surface area contributed by atoms with Crippen molar-refractivity contribution in [2.75, 3.05) is 26.4 Å². The second-order valence-corrected chi connectivity index (χ2v) is 14.0. The number of hydrogen-bond acceptors (Lipinski definition) is 8. The first-order valence-corrected chi connectivity index (χ1v) is 17.7. The lowest BCUT2D eigenvalue weighted by molar-refractivity contribution is 0.174. The highest BCUT2D eigenvalue weighted by Gasteiger charge is 2.36. The monoisotopic (exact) mass is 666 g/mol. The fourth-order valence-corrected chi connectivity index (χ4v) is 10.1. The normalized spacial score (nSPS) is 16.8. The number of halogens is 2. The molecule has 12 heteroatoms. The van der Waals surface area contributed by atoms with E-state index in [2.05, 4.69) is 19.9 Å². The predicted octanol–water partition coefficient (Wildman–Crippen LogP) is 9.46. The second-order valence-electron chi connectivity index (χ2n) is 11.2. The minimum absolute atomic E-state index is 0.444. The van der Waals surface area contributed by atoms with E-state index in [4.69, 9.17) is 23.9 Å². The molecule has 4 aromatic heterocycles. The average Bonchev–Trinajstić information content (AvgIpc) is 3.84. The van der Waals surface area contributed by atoms with Gasteiger partial charge in [0.05, 0.1) is 20.3 Å². The summed E-state index contributed by atoms with van der Waals surface area (Å²) in [5.74, 6) is 2.85. The topological polar surface area (TPSA) is 54.2 Å². The zero-order chi connectivity index (χ0) is 31.6. The average molecular weight is 667 g/mol. The van der Waals surface area contributed by atoms with Crippen molar-refractivity contribution in [1.29, 1.82) is 0 Å². The summed E-state index contributed by atoms with van der Waals surface area (Å²) in [5, 5.41) is 3.94. The third-order valence-electron chi connectivity index (χ3n) is 8.78. The van der Waals surface area contributed by atoms with Crippen molar-refractivity contribution in [3.8, 4) is 42.5 Å². The lowest BCUT2D eigenvalue weighted by atomic mass is 9.92. The van der Waals surface area contributed by atoms with E-state index in [1.807, 2.05) is 31.5 Å². The molecule has 0 atom stereocenters. The summed E-state index contributed by atoms with van der Waals surface area (Å²) >= 11 is 4.71. The Morgan fingerprint density at radius 2 is 1.49 bits per heavy atom. The van der Waals surface area contributed by atoms with Gasteiger partial charge in [0, 0.05) is 43.9 Å². The minimum Gasteiger partial charge on any atom is -0.485 e. The van der Waals surface area contributed by atoms with Crippen LogP contribution in [0.2, 0.25) is 0 Å². The Bertz CT molecular complexity index is 1930. The van der Waals surface area contributed by atoms with Gasteiger partial charge in [-0.25, -0.2) is 0 Å². The summed E-state index contributed by atoms with van der Waals surface area (Å²) in [6.45, 7) is 13.9. The van der Waals surface area contributed by atoms with Gasteiger partial charge < -0.3 is 23.4 Å². The first-order chi connectivity index (χ1) is 21.7. The van der Waals surface area contributed by atoms with Crippen molar-refractivity contribution in [3.05, 3.63) is 61.7 Å². The van der Waals surface area contributed by atoms with E-state index >= 15 is 8.63 Å². The fourth-order valence-electron chi connectivity index (χ4n) is 6.76. The molecule has 0 saturated carbocycles. The molecule has 0 unspecified atom stereocenters. The molecule has 0 saturated heterocycles. The number of rotatable bonds is 7. The van der Waals surface area contributed by atoms with Gasteiger partial charge in [-0.2, -0.15) is 0 Å². The highest BCUT2D eigenvalue weighted by molar-refractivity contribution is 7.26. The van der Waals surface area contributed by atoms with Crippen LogP contribution in [0, 0.1) is 13.8 Å². The summed E-state index contributed by atoms with van der Waals surface area (Å²) in [6, 6.07) is 2.12. The molecule has 0 fully saturated rings. The van der Waals surface area contributed by atoms with Crippen molar-refractivity contribution >= 4 is 52.7 Å². The van der Waals surface area contributed by atoms with Crippen LogP contribution in [0.25, 0.3) is 25.1 Å². The van der Waals surface area contributed by atoms with Gasteiger partial charge in [0.1, 0.15) is 26.4 Å². The Labute approximate surface area is 273 Å². The number of allylic oxidation sites excluding steroid dienone is 2. The van der Waals surface area contributed by atoms with Crippen molar-refractivity contribution in [1.82, 2.24) is 4.48 Å². The van der Waals surface area contributed by atoms with E-state index in [-0.39, 0.29) is 0 Å². The van der Waals surface area contributed by atoms with Crippen LogP contribution in [0.4, 0.5) is 8.63 Å². The van der Waals surface area contributed by atoms with Crippen molar-refractivity contribution in [2.24, 2.45) is 4.99 Å².